The van der Waals surface area contributed by atoms with Crippen molar-refractivity contribution in [2.24, 2.45) is 5.41 Å². The lowest BCUT2D eigenvalue weighted by Gasteiger charge is -2.40. The standard InChI is InChI=1S/C21H29N3O4/c1-4-28-20(27)23-14-12-22(13-15-23)18(25)21(2,3)19(26)24-11-7-9-16-8-5-6-10-17(16)24/h5-6,8,10H,4,7,9,11-15H2,1-3H3. The molecule has 1 aromatic carbocycles. The van der Waals surface area contributed by atoms with Gasteiger partial charge in [-0.2, -0.15) is 0 Å². The van der Waals surface area contributed by atoms with Gasteiger partial charge < -0.3 is 19.4 Å². The van der Waals surface area contributed by atoms with Crippen LogP contribution in [-0.4, -0.2) is 67.0 Å². The summed E-state index contributed by atoms with van der Waals surface area (Å²) in [5, 5.41) is 0. The fourth-order valence-corrected chi connectivity index (χ4v) is 3.88. The fourth-order valence-electron chi connectivity index (χ4n) is 3.88. The molecule has 7 heteroatoms. The van der Waals surface area contributed by atoms with E-state index >= 15 is 0 Å². The smallest absolute Gasteiger partial charge is 0.409 e. The summed E-state index contributed by atoms with van der Waals surface area (Å²) in [6.07, 6.45) is 1.49. The first-order chi connectivity index (χ1) is 13.4. The number of amides is 3. The molecule has 0 N–H and O–H groups in total. The van der Waals surface area contributed by atoms with Crippen LogP contribution in [-0.2, 0) is 20.7 Å². The molecule has 0 saturated carbocycles. The van der Waals surface area contributed by atoms with Gasteiger partial charge in [0, 0.05) is 38.4 Å². The van der Waals surface area contributed by atoms with Crippen LogP contribution in [0.2, 0.25) is 0 Å². The van der Waals surface area contributed by atoms with Crippen LogP contribution in [0.5, 0.6) is 0 Å². The molecule has 3 amide bonds. The molecule has 0 aliphatic carbocycles. The highest BCUT2D eigenvalue weighted by atomic mass is 16.6. The van der Waals surface area contributed by atoms with Crippen LogP contribution in [0.4, 0.5) is 10.5 Å². The van der Waals surface area contributed by atoms with E-state index in [0.717, 1.165) is 24.1 Å². The highest BCUT2D eigenvalue weighted by Gasteiger charge is 2.43. The number of nitrogens with zero attached hydrogens (tertiary/aromatic N) is 3. The molecule has 152 valence electrons. The van der Waals surface area contributed by atoms with Gasteiger partial charge in [0.25, 0.3) is 0 Å². The largest absolute Gasteiger partial charge is 0.450 e. The Morgan fingerprint density at radius 2 is 1.61 bits per heavy atom. The summed E-state index contributed by atoms with van der Waals surface area (Å²) in [4.78, 5) is 43.4. The number of ether oxygens (including phenoxy) is 1. The van der Waals surface area contributed by atoms with Gasteiger partial charge in [0.05, 0.1) is 6.61 Å². The minimum Gasteiger partial charge on any atom is -0.450 e. The van der Waals surface area contributed by atoms with E-state index < -0.39 is 5.41 Å². The summed E-state index contributed by atoms with van der Waals surface area (Å²) >= 11 is 0. The predicted octanol–water partition coefficient (Wildman–Crippen LogP) is 2.29. The second kappa shape index (κ2) is 8.20. The molecule has 7 nitrogen and oxygen atoms in total. The van der Waals surface area contributed by atoms with E-state index in [-0.39, 0.29) is 17.9 Å². The van der Waals surface area contributed by atoms with E-state index in [0.29, 0.717) is 39.3 Å². The van der Waals surface area contributed by atoms with Crippen molar-refractivity contribution < 1.29 is 19.1 Å². The summed E-state index contributed by atoms with van der Waals surface area (Å²) in [5.74, 6) is -0.360. The maximum Gasteiger partial charge on any atom is 0.409 e. The van der Waals surface area contributed by atoms with E-state index in [9.17, 15) is 14.4 Å². The van der Waals surface area contributed by atoms with E-state index in [1.807, 2.05) is 24.3 Å². The summed E-state index contributed by atoms with van der Waals surface area (Å²) in [6.45, 7) is 7.78. The molecular formula is C21H29N3O4. The number of aryl methyl sites for hydroxylation is 1. The zero-order valence-corrected chi connectivity index (χ0v) is 16.9. The Morgan fingerprint density at radius 1 is 0.964 bits per heavy atom. The Hall–Kier alpha value is -2.57. The van der Waals surface area contributed by atoms with Crippen molar-refractivity contribution >= 4 is 23.6 Å². The quantitative estimate of drug-likeness (QED) is 0.746. The van der Waals surface area contributed by atoms with Gasteiger partial charge in [0.1, 0.15) is 5.41 Å². The Balaban J connectivity index is 1.69. The van der Waals surface area contributed by atoms with Gasteiger partial charge in [-0.25, -0.2) is 4.79 Å². The maximum absolute atomic E-state index is 13.3. The van der Waals surface area contributed by atoms with Crippen LogP contribution >= 0.6 is 0 Å². The van der Waals surface area contributed by atoms with Crippen LogP contribution in [0.15, 0.2) is 24.3 Å². The van der Waals surface area contributed by atoms with Crippen molar-refractivity contribution in [2.45, 2.75) is 33.6 Å². The molecule has 1 fully saturated rings. The lowest BCUT2D eigenvalue weighted by Crippen LogP contribution is -2.57. The van der Waals surface area contributed by atoms with Gasteiger partial charge in [0.15, 0.2) is 0 Å². The van der Waals surface area contributed by atoms with Crippen molar-refractivity contribution in [2.75, 3.05) is 44.2 Å². The third-order valence-electron chi connectivity index (χ3n) is 5.52. The van der Waals surface area contributed by atoms with Gasteiger partial charge in [-0.3, -0.25) is 9.59 Å². The number of carbonyl (C=O) groups excluding carboxylic acids is 3. The van der Waals surface area contributed by atoms with E-state index in [1.165, 1.54) is 0 Å². The Morgan fingerprint density at radius 3 is 2.29 bits per heavy atom. The molecule has 1 aromatic rings. The first-order valence-corrected chi connectivity index (χ1v) is 9.97. The van der Waals surface area contributed by atoms with Crippen molar-refractivity contribution in [1.29, 1.82) is 0 Å². The normalized spacial score (nSPS) is 17.2. The second-order valence-corrected chi connectivity index (χ2v) is 7.79. The maximum atomic E-state index is 13.3. The number of rotatable bonds is 3. The molecule has 2 aliphatic rings. The molecule has 0 bridgehead atoms. The number of hydrogen-bond donors (Lipinski definition) is 0. The molecule has 1 saturated heterocycles. The molecule has 2 aliphatic heterocycles. The average Bonchev–Trinajstić information content (AvgIpc) is 2.72. The van der Waals surface area contributed by atoms with Crippen LogP contribution in [0.3, 0.4) is 0 Å². The van der Waals surface area contributed by atoms with Crippen LogP contribution in [0.25, 0.3) is 0 Å². The Kier molecular flexibility index (Phi) is 5.91. The van der Waals surface area contributed by atoms with Gasteiger partial charge in [-0.1, -0.05) is 18.2 Å². The number of para-hydroxylation sites is 1. The summed E-state index contributed by atoms with van der Waals surface area (Å²) < 4.78 is 5.02. The van der Waals surface area contributed by atoms with Crippen molar-refractivity contribution in [1.82, 2.24) is 9.80 Å². The zero-order valence-electron chi connectivity index (χ0n) is 16.9. The molecule has 0 atom stereocenters. The third-order valence-corrected chi connectivity index (χ3v) is 5.52. The molecule has 0 aromatic heterocycles. The van der Waals surface area contributed by atoms with Gasteiger partial charge >= 0.3 is 6.09 Å². The predicted molar refractivity (Wildman–Crippen MR) is 106 cm³/mol. The van der Waals surface area contributed by atoms with E-state index in [1.54, 1.807) is 35.5 Å². The lowest BCUT2D eigenvalue weighted by molar-refractivity contribution is -0.148. The molecule has 0 radical (unpaired) electrons. The lowest BCUT2D eigenvalue weighted by atomic mass is 9.87. The second-order valence-electron chi connectivity index (χ2n) is 7.79. The minimum absolute atomic E-state index is 0.169. The fraction of sp³-hybridized carbons (Fsp3) is 0.571. The SMILES string of the molecule is CCOC(=O)N1CCN(C(=O)C(C)(C)C(=O)N2CCCc3ccccc32)CC1. The number of fused-ring (bicyclic) bond motifs is 1. The topological polar surface area (TPSA) is 70.2 Å². The number of anilines is 1. The van der Waals surface area contributed by atoms with E-state index in [4.69, 9.17) is 4.74 Å². The van der Waals surface area contributed by atoms with Gasteiger partial charge in [-0.05, 0) is 45.2 Å². The Bertz CT molecular complexity index is 754. The monoisotopic (exact) mass is 387 g/mol. The highest BCUT2D eigenvalue weighted by Crippen LogP contribution is 2.32. The summed E-state index contributed by atoms with van der Waals surface area (Å²) in [5.41, 5.74) is 0.899. The highest BCUT2D eigenvalue weighted by molar-refractivity contribution is 6.11. The molecular weight excluding hydrogens is 358 g/mol. The Labute approximate surface area is 166 Å². The average molecular weight is 387 g/mol. The van der Waals surface area contributed by atoms with Gasteiger partial charge in [-0.15, -0.1) is 0 Å². The summed E-state index contributed by atoms with van der Waals surface area (Å²) in [7, 11) is 0. The van der Waals surface area contributed by atoms with Crippen LogP contribution in [0, 0.1) is 5.41 Å². The summed E-state index contributed by atoms with van der Waals surface area (Å²) in [6, 6.07) is 7.89. The van der Waals surface area contributed by atoms with Crippen molar-refractivity contribution in [3.63, 3.8) is 0 Å². The third kappa shape index (κ3) is 3.84. The molecule has 2 heterocycles. The van der Waals surface area contributed by atoms with Crippen molar-refractivity contribution in [3.05, 3.63) is 29.8 Å². The number of piperazine rings is 1. The molecule has 28 heavy (non-hydrogen) atoms. The molecule has 0 unspecified atom stereocenters. The minimum atomic E-state index is -1.16. The number of hydrogen-bond acceptors (Lipinski definition) is 4. The van der Waals surface area contributed by atoms with Crippen LogP contribution in [0.1, 0.15) is 32.8 Å². The number of benzene rings is 1. The van der Waals surface area contributed by atoms with Crippen molar-refractivity contribution in [3.8, 4) is 0 Å². The first-order valence-electron chi connectivity index (χ1n) is 9.97. The van der Waals surface area contributed by atoms with E-state index in [2.05, 4.69) is 0 Å². The molecule has 3 rings (SSSR count). The first kappa shape index (κ1) is 20.2. The van der Waals surface area contributed by atoms with Crippen LogP contribution < -0.4 is 4.90 Å². The molecule has 0 spiro atoms. The van der Waals surface area contributed by atoms with Gasteiger partial charge in [0.2, 0.25) is 11.8 Å². The number of carbonyl (C=O) groups is 3. The zero-order chi connectivity index (χ0) is 20.3.